The molecule has 0 aliphatic carbocycles. The van der Waals surface area contributed by atoms with Crippen LogP contribution in [0.4, 0.5) is 9.52 Å². The largest absolute Gasteiger partial charge is 0.370 e. The van der Waals surface area contributed by atoms with Gasteiger partial charge in [-0.05, 0) is 74.1 Å². The Hall–Kier alpha value is -4.37. The maximum atomic E-state index is 15.1. The van der Waals surface area contributed by atoms with Crippen molar-refractivity contribution in [3.8, 4) is 16.9 Å². The van der Waals surface area contributed by atoms with Crippen molar-refractivity contribution in [2.75, 3.05) is 18.4 Å². The average molecular weight is 667 g/mol. The number of H-pyrrole nitrogens is 1. The van der Waals surface area contributed by atoms with E-state index in [1.54, 1.807) is 24.4 Å². The number of fused-ring (bicyclic) bond motifs is 1. The molecule has 2 aromatic carbocycles. The van der Waals surface area contributed by atoms with E-state index in [2.05, 4.69) is 47.6 Å². The normalized spacial score (nSPS) is 12.7. The summed E-state index contributed by atoms with van der Waals surface area (Å²) in [5.41, 5.74) is 18.4. The number of quaternary nitrogens is 1. The van der Waals surface area contributed by atoms with E-state index in [4.69, 9.17) is 23.1 Å². The van der Waals surface area contributed by atoms with Crippen LogP contribution in [0.3, 0.4) is 0 Å². The van der Waals surface area contributed by atoms with E-state index < -0.39 is 11.5 Å². The van der Waals surface area contributed by atoms with E-state index in [9.17, 15) is 4.79 Å². The van der Waals surface area contributed by atoms with E-state index in [-0.39, 0.29) is 17.0 Å². The molecule has 0 saturated carbocycles. The molecule has 5 rings (SSSR count). The Morgan fingerprint density at radius 2 is 2.00 bits per heavy atom. The van der Waals surface area contributed by atoms with Crippen LogP contribution in [0.15, 0.2) is 64.8 Å². The maximum absolute atomic E-state index is 15.1. The average Bonchev–Trinajstić information content (AvgIpc) is 3.69. The molecule has 0 radical (unpaired) electrons. The van der Waals surface area contributed by atoms with E-state index in [0.29, 0.717) is 60.1 Å². The van der Waals surface area contributed by atoms with Crippen molar-refractivity contribution >= 4 is 45.3 Å². The standard InChI is InChI=1S/C31H37ClFN11OS/c1-18(34)3-2-4-20-11-24(27(33)25(32)12-20)26-13-21-16-44(31(45)43-28(21)42-26)23-7-5-19(6-8-23)14-38-22(9-10-37-29(35)36)15-39-30-40-17-41-46-30/h5-8,11-13,16-18,22,38H,2-4,9-10,14-15,34H2,1H3,(H4,35,36,37)(H,39,40,41)(H,42,43,45)/p+1. The van der Waals surface area contributed by atoms with Gasteiger partial charge in [0.25, 0.3) is 0 Å². The molecule has 2 unspecified atom stereocenters. The Kier molecular flexibility index (Phi) is 11.0. The Morgan fingerprint density at radius 3 is 2.72 bits per heavy atom. The Balaban J connectivity index is 1.30. The zero-order valence-corrected chi connectivity index (χ0v) is 27.0. The Bertz CT molecular complexity index is 1830. The van der Waals surface area contributed by atoms with E-state index in [0.717, 1.165) is 35.5 Å². The lowest BCUT2D eigenvalue weighted by atomic mass is 10.0. The fourth-order valence-corrected chi connectivity index (χ4v) is 5.77. The second-order valence-corrected chi connectivity index (χ2v) is 12.5. The van der Waals surface area contributed by atoms with Crippen molar-refractivity contribution in [2.45, 2.75) is 51.2 Å². The van der Waals surface area contributed by atoms with E-state index >= 15 is 4.39 Å². The van der Waals surface area contributed by atoms with Crippen LogP contribution in [0, 0.1) is 5.82 Å². The number of nitrogens with two attached hydrogens (primary N) is 2. The molecule has 10 N–H and O–H groups in total. The SMILES string of the molecule is CC([NH3+])CCCc1cc(Cl)c(F)c(-c2cc3cn(-c4ccc(CNC(CCN=C(N)N)CNc5ncns5)cc4)c(=O)nc3[nH]2)c1. The summed E-state index contributed by atoms with van der Waals surface area (Å²) in [5, 5.41) is 8.27. The number of aromatic amines is 1. The number of benzene rings is 2. The molecule has 242 valence electrons. The number of anilines is 1. The van der Waals surface area contributed by atoms with Crippen LogP contribution in [-0.2, 0) is 13.0 Å². The van der Waals surface area contributed by atoms with Gasteiger partial charge in [-0.3, -0.25) is 9.56 Å². The van der Waals surface area contributed by atoms with Crippen LogP contribution in [0.25, 0.3) is 28.0 Å². The molecule has 15 heteroatoms. The second kappa shape index (κ2) is 15.3. The zero-order valence-electron chi connectivity index (χ0n) is 25.5. The van der Waals surface area contributed by atoms with Crippen molar-refractivity contribution < 1.29 is 10.1 Å². The summed E-state index contributed by atoms with van der Waals surface area (Å²) in [5.74, 6) is -0.460. The summed E-state index contributed by atoms with van der Waals surface area (Å²) in [4.78, 5) is 28.6. The third kappa shape index (κ3) is 8.66. The molecule has 5 aromatic rings. The van der Waals surface area contributed by atoms with Gasteiger partial charge in [-0.25, -0.2) is 14.2 Å². The van der Waals surface area contributed by atoms with Crippen LogP contribution in [0.5, 0.6) is 0 Å². The number of guanidine groups is 1. The summed E-state index contributed by atoms with van der Waals surface area (Å²) in [6.45, 7) is 3.75. The molecule has 0 amide bonds. The third-order valence-corrected chi connectivity index (χ3v) is 8.39. The molecule has 0 aliphatic rings. The van der Waals surface area contributed by atoms with Gasteiger partial charge in [-0.15, -0.1) is 0 Å². The second-order valence-electron chi connectivity index (χ2n) is 11.3. The van der Waals surface area contributed by atoms with E-state index in [1.807, 2.05) is 24.3 Å². The third-order valence-electron chi connectivity index (χ3n) is 7.49. The van der Waals surface area contributed by atoms with E-state index in [1.165, 1.54) is 22.4 Å². The first-order valence-corrected chi connectivity index (χ1v) is 16.1. The number of nitrogens with zero attached hydrogens (tertiary/aromatic N) is 5. The van der Waals surface area contributed by atoms with Crippen molar-refractivity contribution in [3.05, 3.63) is 87.4 Å². The van der Waals surface area contributed by atoms with Gasteiger partial charge in [0.1, 0.15) is 12.0 Å². The van der Waals surface area contributed by atoms with Crippen molar-refractivity contribution in [3.63, 3.8) is 0 Å². The number of aliphatic imine (C=N–C) groups is 1. The molecule has 3 heterocycles. The predicted molar refractivity (Wildman–Crippen MR) is 182 cm³/mol. The maximum Gasteiger partial charge on any atom is 0.354 e. The lowest BCUT2D eigenvalue weighted by Gasteiger charge is -2.18. The van der Waals surface area contributed by atoms with Gasteiger partial charge in [0.05, 0.1) is 22.4 Å². The topological polar surface area (TPSA) is 193 Å². The molecule has 0 spiro atoms. The molecule has 0 bridgehead atoms. The van der Waals surface area contributed by atoms with Crippen molar-refractivity contribution in [1.29, 1.82) is 0 Å². The summed E-state index contributed by atoms with van der Waals surface area (Å²) in [7, 11) is 0. The van der Waals surface area contributed by atoms with Crippen LogP contribution < -0.4 is 33.5 Å². The summed E-state index contributed by atoms with van der Waals surface area (Å²) >= 11 is 7.55. The number of nitrogens with one attached hydrogen (secondary N) is 3. The van der Waals surface area contributed by atoms with Gasteiger partial charge >= 0.3 is 5.69 Å². The van der Waals surface area contributed by atoms with Crippen LogP contribution in [-0.4, -0.2) is 55.0 Å². The highest BCUT2D eigenvalue weighted by Gasteiger charge is 2.16. The lowest BCUT2D eigenvalue weighted by Crippen LogP contribution is -2.58. The minimum atomic E-state index is -0.517. The first kappa shape index (κ1) is 33.0. The molecular weight excluding hydrogens is 629 g/mol. The molecule has 0 saturated heterocycles. The fraction of sp³-hybridized carbons (Fsp3) is 0.323. The summed E-state index contributed by atoms with van der Waals surface area (Å²) < 4.78 is 20.6. The number of hydrogen-bond donors (Lipinski definition) is 6. The zero-order chi connectivity index (χ0) is 32.6. The predicted octanol–water partition coefficient (Wildman–Crippen LogP) is 3.21. The van der Waals surface area contributed by atoms with Crippen LogP contribution in [0.1, 0.15) is 37.3 Å². The van der Waals surface area contributed by atoms with Gasteiger partial charge in [0, 0.05) is 54.4 Å². The van der Waals surface area contributed by atoms with Crippen molar-refractivity contribution in [1.82, 2.24) is 29.2 Å². The van der Waals surface area contributed by atoms with Gasteiger partial charge in [0.15, 0.2) is 11.8 Å². The first-order valence-electron chi connectivity index (χ1n) is 15.0. The Morgan fingerprint density at radius 1 is 1.20 bits per heavy atom. The minimum Gasteiger partial charge on any atom is -0.370 e. The molecule has 3 aromatic heterocycles. The number of aryl methyl sites for hydroxylation is 1. The molecular formula is C31H38ClFN11OS+. The molecule has 46 heavy (non-hydrogen) atoms. The van der Waals surface area contributed by atoms with Gasteiger partial charge in [0.2, 0.25) is 5.13 Å². The lowest BCUT2D eigenvalue weighted by molar-refractivity contribution is -0.415. The monoisotopic (exact) mass is 666 g/mol. The number of halogens is 2. The smallest absolute Gasteiger partial charge is 0.354 e. The van der Waals surface area contributed by atoms with Crippen LogP contribution >= 0.6 is 23.1 Å². The van der Waals surface area contributed by atoms with Gasteiger partial charge < -0.3 is 32.8 Å². The molecule has 0 aliphatic heterocycles. The summed E-state index contributed by atoms with van der Waals surface area (Å²) in [6.07, 6.45) is 6.58. The fourth-order valence-electron chi connectivity index (χ4n) is 5.09. The number of aromatic nitrogens is 5. The number of rotatable bonds is 15. The minimum absolute atomic E-state index is 0.0569. The quantitative estimate of drug-likeness (QED) is 0.0724. The highest BCUT2D eigenvalue weighted by molar-refractivity contribution is 7.09. The van der Waals surface area contributed by atoms with Gasteiger partial charge in [-0.1, -0.05) is 23.7 Å². The molecule has 0 fully saturated rings. The Labute approximate surface area is 274 Å². The molecule has 2 atom stereocenters. The van der Waals surface area contributed by atoms with Crippen LogP contribution in [0.2, 0.25) is 5.02 Å². The van der Waals surface area contributed by atoms with Gasteiger partial charge in [-0.2, -0.15) is 9.36 Å². The number of hydrogen-bond acceptors (Lipinski definition) is 8. The first-order chi connectivity index (χ1) is 22.2. The van der Waals surface area contributed by atoms with Crippen molar-refractivity contribution in [2.24, 2.45) is 16.5 Å². The highest BCUT2D eigenvalue weighted by Crippen LogP contribution is 2.31. The molecule has 12 nitrogen and oxygen atoms in total. The summed E-state index contributed by atoms with van der Waals surface area (Å²) in [6, 6.07) is 13.3. The highest BCUT2D eigenvalue weighted by atomic mass is 35.5.